The quantitative estimate of drug-likeness (QED) is 0.176. The molecule has 12 nitrogen and oxygen atoms in total. The second kappa shape index (κ2) is 13.6. The van der Waals surface area contributed by atoms with Gasteiger partial charge in [-0.15, -0.1) is 0 Å². The molecule has 1 amide bonds. The summed E-state index contributed by atoms with van der Waals surface area (Å²) in [6, 6.07) is 2.96. The molecule has 4 saturated heterocycles. The third-order valence-electron chi connectivity index (χ3n) is 11.5. The third-order valence-corrected chi connectivity index (χ3v) is 11.8. The first-order valence-electron chi connectivity index (χ1n) is 18.0. The minimum Gasteiger partial charge on any atom is -0.475 e. The van der Waals surface area contributed by atoms with E-state index >= 15 is 8.78 Å². The molecule has 3 N–H and O–H groups in total. The number of carbonyl (C=O) groups is 2. The van der Waals surface area contributed by atoms with Crippen LogP contribution in [0.2, 0.25) is 5.02 Å². The smallest absolute Gasteiger partial charge is 0.475 e. The molecule has 2 aromatic heterocycles. The van der Waals surface area contributed by atoms with Crippen LogP contribution in [0.1, 0.15) is 56.9 Å². The number of carbonyl (C=O) groups excluding carboxylic acids is 1. The van der Waals surface area contributed by atoms with E-state index < -0.39 is 47.2 Å². The number of alkyl carbamates (subject to hydrolysis) is 1. The Hall–Kier alpha value is -4.58. The number of benzene rings is 2. The van der Waals surface area contributed by atoms with Crippen molar-refractivity contribution in [3.63, 3.8) is 0 Å². The van der Waals surface area contributed by atoms with Crippen molar-refractivity contribution >= 4 is 51.3 Å². The van der Waals surface area contributed by atoms with E-state index in [0.717, 1.165) is 25.8 Å². The number of nitrogens with zero attached hydrogens (tertiary/aromatic N) is 5. The molecule has 4 aromatic rings. The number of nitrogens with one attached hydrogen (secondary N) is 2. The lowest BCUT2D eigenvalue weighted by Crippen LogP contribution is -2.51. The molecule has 5 aliphatic rings. The molecule has 6 heterocycles. The van der Waals surface area contributed by atoms with E-state index in [1.165, 1.54) is 6.07 Å². The van der Waals surface area contributed by atoms with Crippen molar-refractivity contribution in [3.8, 4) is 17.1 Å². The Morgan fingerprint density at radius 2 is 1.89 bits per heavy atom. The number of piperidine rings is 1. The zero-order valence-corrected chi connectivity index (χ0v) is 30.2. The molecule has 1 saturated carbocycles. The van der Waals surface area contributed by atoms with Gasteiger partial charge in [0.2, 0.25) is 0 Å². The summed E-state index contributed by atoms with van der Waals surface area (Å²) >= 11 is 6.80. The summed E-state index contributed by atoms with van der Waals surface area (Å²) in [7, 11) is 0. The van der Waals surface area contributed by atoms with Crippen LogP contribution in [0, 0.1) is 17.6 Å². The largest absolute Gasteiger partial charge is 0.490 e. The van der Waals surface area contributed by atoms with Gasteiger partial charge in [-0.05, 0) is 68.2 Å². The average Bonchev–Trinajstić information content (AvgIpc) is 3.49. The van der Waals surface area contributed by atoms with Gasteiger partial charge in [0, 0.05) is 40.9 Å². The fourth-order valence-electron chi connectivity index (χ4n) is 8.78. The van der Waals surface area contributed by atoms with Crippen LogP contribution in [-0.2, 0) is 9.53 Å². The number of hydrogen-bond acceptors (Lipinski definition) is 9. The Morgan fingerprint density at radius 1 is 1.15 bits per heavy atom. The Balaban J connectivity index is 0.000000560. The molecule has 0 radical (unpaired) electrons. The number of aromatic amines is 1. The average molecular weight is 796 g/mol. The second-order valence-electron chi connectivity index (χ2n) is 15.2. The fraction of sp³-hybridized carbons (Fsp3) is 0.528. The maximum absolute atomic E-state index is 17.2. The van der Waals surface area contributed by atoms with Crippen molar-refractivity contribution in [2.75, 3.05) is 44.2 Å². The molecule has 19 heteroatoms. The number of hydrogen-bond donors (Lipinski definition) is 3. The lowest BCUT2D eigenvalue weighted by Gasteiger charge is -2.39. The maximum Gasteiger partial charge on any atom is 0.490 e. The highest BCUT2D eigenvalue weighted by molar-refractivity contribution is 6.33. The molecule has 5 fully saturated rings. The Kier molecular flexibility index (Phi) is 9.21. The highest BCUT2D eigenvalue weighted by Gasteiger charge is 2.50. The van der Waals surface area contributed by atoms with Gasteiger partial charge in [0.1, 0.15) is 35.5 Å². The molecule has 4 aliphatic heterocycles. The predicted molar refractivity (Wildman–Crippen MR) is 187 cm³/mol. The number of amides is 1. The van der Waals surface area contributed by atoms with Gasteiger partial charge in [0.15, 0.2) is 5.82 Å². The summed E-state index contributed by atoms with van der Waals surface area (Å²) in [5.41, 5.74) is 0.0130. The second-order valence-corrected chi connectivity index (χ2v) is 15.6. The molecule has 55 heavy (non-hydrogen) atoms. The first kappa shape index (κ1) is 37.3. The van der Waals surface area contributed by atoms with E-state index in [-0.39, 0.29) is 47.4 Å². The molecule has 0 bridgehead atoms. The lowest BCUT2D eigenvalue weighted by molar-refractivity contribution is -0.192. The van der Waals surface area contributed by atoms with Gasteiger partial charge in [0.05, 0.1) is 35.9 Å². The first-order chi connectivity index (χ1) is 26.1. The number of fused-ring (bicyclic) bond motifs is 3. The van der Waals surface area contributed by atoms with Gasteiger partial charge in [-0.2, -0.15) is 28.2 Å². The Morgan fingerprint density at radius 3 is 2.58 bits per heavy atom. The molecule has 1 aliphatic carbocycles. The number of alkyl halides is 4. The van der Waals surface area contributed by atoms with Crippen LogP contribution < -0.4 is 15.0 Å². The predicted octanol–water partition coefficient (Wildman–Crippen LogP) is 6.90. The highest BCUT2D eigenvalue weighted by Crippen LogP contribution is 2.55. The van der Waals surface area contributed by atoms with E-state index in [2.05, 4.69) is 32.3 Å². The molecular weight excluding hydrogens is 760 g/mol. The number of carboxylic acids is 1. The van der Waals surface area contributed by atoms with Crippen molar-refractivity contribution in [2.45, 2.75) is 74.9 Å². The fourth-order valence-corrected chi connectivity index (χ4v) is 9.13. The summed E-state index contributed by atoms with van der Waals surface area (Å²) in [5, 5.41) is 18.1. The number of anilines is 1. The number of aromatic nitrogens is 4. The third kappa shape index (κ3) is 6.74. The van der Waals surface area contributed by atoms with E-state index in [4.69, 9.17) is 36.0 Å². The topological polar surface area (TPSA) is 146 Å². The summed E-state index contributed by atoms with van der Waals surface area (Å²) in [4.78, 5) is 34.3. The normalized spacial score (nSPS) is 27.6. The number of halogens is 7. The summed E-state index contributed by atoms with van der Waals surface area (Å²) < 4.78 is 92.0. The molecular formula is C36H36ClF6N7O5. The minimum absolute atomic E-state index is 0.0489. The maximum atomic E-state index is 17.2. The summed E-state index contributed by atoms with van der Waals surface area (Å²) in [6.45, 7) is 4.50. The van der Waals surface area contributed by atoms with E-state index in [1.54, 1.807) is 12.3 Å². The van der Waals surface area contributed by atoms with E-state index in [9.17, 15) is 22.4 Å². The molecule has 5 atom stereocenters. The molecule has 294 valence electrons. The van der Waals surface area contributed by atoms with Crippen LogP contribution in [0.3, 0.4) is 0 Å². The molecule has 9 rings (SSSR count). The van der Waals surface area contributed by atoms with Crippen molar-refractivity contribution in [2.24, 2.45) is 5.92 Å². The summed E-state index contributed by atoms with van der Waals surface area (Å²) in [5.74, 6) is -3.75. The van der Waals surface area contributed by atoms with Crippen molar-refractivity contribution in [1.29, 1.82) is 0 Å². The van der Waals surface area contributed by atoms with Crippen LogP contribution in [0.15, 0.2) is 18.3 Å². The molecule has 2 aromatic carbocycles. The molecule has 1 spiro atoms. The number of carboxylic acid groups (broad SMARTS) is 1. The number of rotatable bonds is 6. The minimum atomic E-state index is -5.08. The van der Waals surface area contributed by atoms with Crippen LogP contribution in [0.25, 0.3) is 32.9 Å². The van der Waals surface area contributed by atoms with Crippen LogP contribution in [-0.4, -0.2) is 105 Å². The number of H-pyrrole nitrogens is 1. The van der Waals surface area contributed by atoms with E-state index in [1.807, 2.05) is 4.90 Å². The van der Waals surface area contributed by atoms with Crippen molar-refractivity contribution < 1.29 is 50.5 Å². The van der Waals surface area contributed by atoms with Crippen LogP contribution >= 0.6 is 11.6 Å². The number of aliphatic carboxylic acids is 1. The van der Waals surface area contributed by atoms with E-state index in [0.29, 0.717) is 71.9 Å². The zero-order valence-electron chi connectivity index (χ0n) is 29.4. The highest BCUT2D eigenvalue weighted by atomic mass is 35.5. The van der Waals surface area contributed by atoms with Gasteiger partial charge in [-0.25, -0.2) is 22.8 Å². The number of ether oxygens (including phenoxy) is 2. The monoisotopic (exact) mass is 795 g/mol. The van der Waals surface area contributed by atoms with Crippen molar-refractivity contribution in [3.05, 3.63) is 40.6 Å². The van der Waals surface area contributed by atoms with Crippen LogP contribution in [0.4, 0.5) is 37.0 Å². The summed E-state index contributed by atoms with van der Waals surface area (Å²) in [6.07, 6.45) is -0.733. The Labute approximate surface area is 314 Å². The van der Waals surface area contributed by atoms with Gasteiger partial charge in [0.25, 0.3) is 0 Å². The molecule has 2 unspecified atom stereocenters. The van der Waals surface area contributed by atoms with Crippen LogP contribution in [0.5, 0.6) is 6.01 Å². The Bertz CT molecular complexity index is 2210. The van der Waals surface area contributed by atoms with Gasteiger partial charge in [-0.1, -0.05) is 18.5 Å². The lowest BCUT2D eigenvalue weighted by atomic mass is 9.91. The van der Waals surface area contributed by atoms with Gasteiger partial charge in [-0.3, -0.25) is 10.00 Å². The van der Waals surface area contributed by atoms with Crippen molar-refractivity contribution in [1.82, 2.24) is 30.4 Å². The SMILES string of the molecule is CC1CC1c1c(Cl)cc2[nH]ncc2c1-c1c(F)cc2c(N3CCC[C@]4(CNC(=O)O4)C3)nc(OC[C@@]34CCCN3C[C@H](F)C4)nc2c1F.O=C(O)C(F)(F)F. The first-order valence-corrected chi connectivity index (χ1v) is 18.4. The van der Waals surface area contributed by atoms with Gasteiger partial charge >= 0.3 is 24.2 Å². The standard InChI is InChI=1S/C34H35ClF3N7O3.C2HF3O2/c1-17-8-19(17)25-22(35)10-24-21(12-40-43-24)26(25)27-23(37)9-20-29(28(27)38)41-31(47-16-33-4-2-7-45(33)13-18(36)11-33)42-30(20)44-6-3-5-34(15-44)14-39-32(46)48-34;3-2(4,5)1(6)7/h9-10,12,17-19H,2-8,11,13-16H2,1H3,(H,39,46)(H,40,43);(H,6,7)/t17?,18-,19?,33+,34+;/m1./s1. The zero-order chi connectivity index (χ0) is 39.0. The van der Waals surface area contributed by atoms with Gasteiger partial charge < -0.3 is 24.8 Å².